The number of nitrogens with zero attached hydrogens (tertiary/aromatic N) is 1. The Morgan fingerprint density at radius 1 is 1.09 bits per heavy atom. The van der Waals surface area contributed by atoms with E-state index in [1.54, 1.807) is 20.8 Å². The van der Waals surface area contributed by atoms with Crippen molar-refractivity contribution in [1.29, 1.82) is 0 Å². The van der Waals surface area contributed by atoms with Gasteiger partial charge < -0.3 is 24.8 Å². The highest BCUT2D eigenvalue weighted by molar-refractivity contribution is 5.92. The zero-order chi connectivity index (χ0) is 22.9. The zero-order valence-corrected chi connectivity index (χ0v) is 18.8. The molecule has 1 unspecified atom stereocenters. The minimum absolute atomic E-state index is 0.0375. The van der Waals surface area contributed by atoms with E-state index in [2.05, 4.69) is 16.7 Å². The van der Waals surface area contributed by atoms with Crippen LogP contribution in [0.5, 0.6) is 0 Å². The lowest BCUT2D eigenvalue weighted by molar-refractivity contribution is -0.180. The van der Waals surface area contributed by atoms with Crippen LogP contribution < -0.4 is 10.6 Å². The summed E-state index contributed by atoms with van der Waals surface area (Å²) >= 11 is 0. The Balaban J connectivity index is 1.46. The summed E-state index contributed by atoms with van der Waals surface area (Å²) < 4.78 is 16.5. The van der Waals surface area contributed by atoms with Crippen LogP contribution in [0.2, 0.25) is 0 Å². The first-order valence-electron chi connectivity index (χ1n) is 11.2. The summed E-state index contributed by atoms with van der Waals surface area (Å²) in [6.45, 7) is 5.49. The molecule has 2 N–H and O–H groups in total. The van der Waals surface area contributed by atoms with Crippen LogP contribution in [-0.4, -0.2) is 60.1 Å². The van der Waals surface area contributed by atoms with E-state index in [0.29, 0.717) is 0 Å². The lowest BCUT2D eigenvalue weighted by atomic mass is 9.87. The topological polar surface area (TPSA) is 106 Å². The van der Waals surface area contributed by atoms with Gasteiger partial charge in [-0.25, -0.2) is 4.79 Å². The summed E-state index contributed by atoms with van der Waals surface area (Å²) in [4.78, 5) is 40.0. The van der Waals surface area contributed by atoms with Gasteiger partial charge >= 0.3 is 6.09 Å². The molecule has 3 aliphatic rings. The predicted octanol–water partition coefficient (Wildman–Crippen LogP) is 2.00. The average molecular weight is 446 g/mol. The lowest BCUT2D eigenvalue weighted by Gasteiger charge is -2.31. The monoisotopic (exact) mass is 445 g/mol. The molecular formula is C23H31N3O6. The van der Waals surface area contributed by atoms with Crippen molar-refractivity contribution in [2.45, 2.75) is 76.6 Å². The van der Waals surface area contributed by atoms with Crippen molar-refractivity contribution in [2.24, 2.45) is 0 Å². The summed E-state index contributed by atoms with van der Waals surface area (Å²) in [5.41, 5.74) is 1.66. The largest absolute Gasteiger partial charge is 0.444 e. The molecule has 2 heterocycles. The van der Waals surface area contributed by atoms with Gasteiger partial charge in [-0.2, -0.15) is 0 Å². The van der Waals surface area contributed by atoms with Crippen molar-refractivity contribution < 1.29 is 28.6 Å². The van der Waals surface area contributed by atoms with Gasteiger partial charge in [0, 0.05) is 6.42 Å². The molecular weight excluding hydrogens is 414 g/mol. The molecule has 4 atom stereocenters. The second-order valence-electron chi connectivity index (χ2n) is 9.41. The Labute approximate surface area is 187 Å². The number of hydrogen-bond acceptors (Lipinski definition) is 6. The fourth-order valence-corrected chi connectivity index (χ4v) is 4.41. The van der Waals surface area contributed by atoms with E-state index in [0.717, 1.165) is 24.8 Å². The number of fused-ring (bicyclic) bond motifs is 2. The molecule has 0 aromatic heterocycles. The van der Waals surface area contributed by atoms with Gasteiger partial charge in [0.05, 0.1) is 19.3 Å². The normalized spacial score (nSPS) is 27.7. The van der Waals surface area contributed by atoms with Gasteiger partial charge in [-0.15, -0.1) is 0 Å². The average Bonchev–Trinajstić information content (AvgIpc) is 3.09. The summed E-state index contributed by atoms with van der Waals surface area (Å²) in [5, 5.41) is 5.71. The van der Waals surface area contributed by atoms with Crippen molar-refractivity contribution in [3.63, 3.8) is 0 Å². The fourth-order valence-electron chi connectivity index (χ4n) is 4.41. The molecule has 32 heavy (non-hydrogen) atoms. The van der Waals surface area contributed by atoms with Gasteiger partial charge in [-0.1, -0.05) is 24.3 Å². The van der Waals surface area contributed by atoms with Gasteiger partial charge in [-0.3, -0.25) is 14.5 Å². The first-order chi connectivity index (χ1) is 15.2. The third kappa shape index (κ3) is 4.88. The Bertz CT molecular complexity index is 883. The minimum atomic E-state index is -0.942. The van der Waals surface area contributed by atoms with Crippen LogP contribution in [0.1, 0.15) is 57.2 Å². The van der Waals surface area contributed by atoms with Crippen LogP contribution in [0.4, 0.5) is 4.79 Å². The Hall–Kier alpha value is -2.65. The van der Waals surface area contributed by atoms with Gasteiger partial charge in [0.1, 0.15) is 17.7 Å². The standard InChI is InChI=1S/C23H31N3O6/c1-23(2,3)32-21(29)25-17-11-12-30-22-26(20(17)28)18(13-31-22)19(27)24-16-10-6-8-14-7-4-5-9-15(14)16/h4-5,7,9,16-18,22H,6,8,10-13H2,1-3H3,(H,24,27)(H,25,29)/t16-,17+,18?,22+/m1/s1. The zero-order valence-electron chi connectivity index (χ0n) is 18.8. The molecule has 9 nitrogen and oxygen atoms in total. The molecule has 174 valence electrons. The molecule has 9 heteroatoms. The van der Waals surface area contributed by atoms with Gasteiger partial charge in [0.25, 0.3) is 0 Å². The van der Waals surface area contributed by atoms with E-state index in [1.807, 2.05) is 18.2 Å². The maximum Gasteiger partial charge on any atom is 0.408 e. The van der Waals surface area contributed by atoms with Crippen LogP contribution in [0.15, 0.2) is 24.3 Å². The quantitative estimate of drug-likeness (QED) is 0.737. The fraction of sp³-hybridized carbons (Fsp3) is 0.609. The number of rotatable bonds is 3. The van der Waals surface area contributed by atoms with Crippen LogP contribution in [0, 0.1) is 0 Å². The van der Waals surface area contributed by atoms with Crippen LogP contribution in [0.3, 0.4) is 0 Å². The highest BCUT2D eigenvalue weighted by Gasteiger charge is 2.47. The highest BCUT2D eigenvalue weighted by Crippen LogP contribution is 2.30. The number of alkyl carbamates (subject to hydrolysis) is 1. The van der Waals surface area contributed by atoms with Crippen LogP contribution in [0.25, 0.3) is 0 Å². The minimum Gasteiger partial charge on any atom is -0.444 e. The van der Waals surface area contributed by atoms with E-state index in [1.165, 1.54) is 10.5 Å². The van der Waals surface area contributed by atoms with Gasteiger partial charge in [0.2, 0.25) is 18.2 Å². The lowest BCUT2D eigenvalue weighted by Crippen LogP contribution is -2.56. The van der Waals surface area contributed by atoms with Crippen molar-refractivity contribution in [2.75, 3.05) is 13.2 Å². The number of amides is 3. The number of benzene rings is 1. The smallest absolute Gasteiger partial charge is 0.408 e. The van der Waals surface area contributed by atoms with E-state index in [-0.39, 0.29) is 31.6 Å². The Morgan fingerprint density at radius 3 is 2.66 bits per heavy atom. The van der Waals surface area contributed by atoms with Gasteiger partial charge in [0.15, 0.2) is 0 Å². The first-order valence-corrected chi connectivity index (χ1v) is 11.2. The molecule has 1 aliphatic carbocycles. The third-order valence-corrected chi connectivity index (χ3v) is 5.86. The van der Waals surface area contributed by atoms with Crippen molar-refractivity contribution >= 4 is 17.9 Å². The summed E-state index contributed by atoms with van der Waals surface area (Å²) in [7, 11) is 0. The molecule has 0 bridgehead atoms. The number of nitrogens with one attached hydrogen (secondary N) is 2. The van der Waals surface area contributed by atoms with E-state index in [4.69, 9.17) is 14.2 Å². The molecule has 4 rings (SSSR count). The second-order valence-corrected chi connectivity index (χ2v) is 9.41. The number of carbonyl (C=O) groups is 3. The number of aryl methyl sites for hydroxylation is 1. The molecule has 2 fully saturated rings. The number of hydrogen-bond donors (Lipinski definition) is 2. The molecule has 3 amide bonds. The summed E-state index contributed by atoms with van der Waals surface area (Å²) in [6.07, 6.45) is 1.45. The first kappa shape index (κ1) is 22.5. The number of carbonyl (C=O) groups excluding carboxylic acids is 3. The maximum atomic E-state index is 13.2. The molecule has 0 saturated carbocycles. The molecule has 2 aliphatic heterocycles. The summed E-state index contributed by atoms with van der Waals surface area (Å²) in [5.74, 6) is -0.705. The summed E-state index contributed by atoms with van der Waals surface area (Å²) in [6, 6.07) is 6.30. The van der Waals surface area contributed by atoms with E-state index < -0.39 is 36.1 Å². The van der Waals surface area contributed by atoms with Crippen molar-refractivity contribution in [3.8, 4) is 0 Å². The van der Waals surface area contributed by atoms with Crippen molar-refractivity contribution in [3.05, 3.63) is 35.4 Å². The molecule has 0 spiro atoms. The van der Waals surface area contributed by atoms with Gasteiger partial charge in [-0.05, 0) is 51.2 Å². The predicted molar refractivity (Wildman–Crippen MR) is 114 cm³/mol. The molecule has 0 radical (unpaired) electrons. The Kier molecular flexibility index (Phi) is 6.39. The third-order valence-electron chi connectivity index (χ3n) is 5.86. The Morgan fingerprint density at radius 2 is 1.88 bits per heavy atom. The second kappa shape index (κ2) is 9.07. The van der Waals surface area contributed by atoms with E-state index in [9.17, 15) is 14.4 Å². The highest BCUT2D eigenvalue weighted by atomic mass is 16.7. The molecule has 1 aromatic rings. The SMILES string of the molecule is CC(C)(C)OC(=O)N[C@H]1CCO[C@H]2OCC(C(=O)N[C@@H]3CCCc4ccccc43)N2C1=O. The maximum absolute atomic E-state index is 13.2. The van der Waals surface area contributed by atoms with Crippen LogP contribution >= 0.6 is 0 Å². The number of ether oxygens (including phenoxy) is 3. The molecule has 2 saturated heterocycles. The van der Waals surface area contributed by atoms with E-state index >= 15 is 0 Å². The molecule has 1 aromatic carbocycles. The van der Waals surface area contributed by atoms with Crippen molar-refractivity contribution in [1.82, 2.24) is 15.5 Å². The van der Waals surface area contributed by atoms with Crippen LogP contribution in [-0.2, 0) is 30.2 Å².